The Kier molecular flexibility index (Phi) is 7.54. The van der Waals surface area contributed by atoms with Gasteiger partial charge in [0.25, 0.3) is 0 Å². The molecule has 1 amide bonds. The first-order valence-electron chi connectivity index (χ1n) is 6.14. The van der Waals surface area contributed by atoms with Gasteiger partial charge in [-0.2, -0.15) is 0 Å². The first-order valence-corrected chi connectivity index (χ1v) is 6.14. The number of rotatable bonds is 8. The molecule has 5 heteroatoms. The number of carbonyl (C=O) groups excluding carboxylic acids is 1. The summed E-state index contributed by atoms with van der Waals surface area (Å²) >= 11 is 0. The zero-order valence-corrected chi connectivity index (χ0v) is 10.9. The lowest BCUT2D eigenvalue weighted by Crippen LogP contribution is -2.45. The molecule has 0 saturated carbocycles. The van der Waals surface area contributed by atoms with Crippen LogP contribution in [0, 0.1) is 5.92 Å². The molecule has 0 rings (SSSR count). The van der Waals surface area contributed by atoms with Crippen LogP contribution in [0.15, 0.2) is 0 Å². The molecule has 0 aromatic carbocycles. The number of nitrogens with two attached hydrogens (primary N) is 1. The molecule has 0 saturated heterocycles. The lowest BCUT2D eigenvalue weighted by atomic mass is 9.95. The first-order chi connectivity index (χ1) is 7.86. The van der Waals surface area contributed by atoms with Gasteiger partial charge in [0.15, 0.2) is 0 Å². The van der Waals surface area contributed by atoms with E-state index in [0.717, 1.165) is 12.8 Å². The average molecular weight is 244 g/mol. The Bertz CT molecular complexity index is 254. The maximum Gasteiger partial charge on any atom is 0.305 e. The molecular formula is C12H24N2O3. The van der Waals surface area contributed by atoms with Gasteiger partial charge in [-0.15, -0.1) is 0 Å². The summed E-state index contributed by atoms with van der Waals surface area (Å²) in [7, 11) is 0. The lowest BCUT2D eigenvalue weighted by molar-refractivity contribution is -0.137. The highest BCUT2D eigenvalue weighted by Crippen LogP contribution is 2.14. The van der Waals surface area contributed by atoms with Crippen LogP contribution in [-0.2, 0) is 9.59 Å². The highest BCUT2D eigenvalue weighted by molar-refractivity contribution is 5.81. The lowest BCUT2D eigenvalue weighted by Gasteiger charge is -2.21. The standard InChI is InChI=1S/C12H24N2O3/c1-4-5-8(2)6-10(7-11(15)16)14-12(17)9(3)13/h8-10H,4-7,13H2,1-3H3,(H,14,17)(H,15,16)/t8?,9-,10?/m0/s1. The second kappa shape index (κ2) is 8.06. The minimum Gasteiger partial charge on any atom is -0.481 e. The van der Waals surface area contributed by atoms with Crippen molar-refractivity contribution in [1.82, 2.24) is 5.32 Å². The predicted molar refractivity (Wildman–Crippen MR) is 66.5 cm³/mol. The van der Waals surface area contributed by atoms with Gasteiger partial charge in [0, 0.05) is 6.04 Å². The second-order valence-electron chi connectivity index (χ2n) is 4.72. The summed E-state index contributed by atoms with van der Waals surface area (Å²) in [6, 6.07) is -0.930. The van der Waals surface area contributed by atoms with Gasteiger partial charge >= 0.3 is 5.97 Å². The van der Waals surface area contributed by atoms with Crippen molar-refractivity contribution in [2.75, 3.05) is 0 Å². The van der Waals surface area contributed by atoms with Crippen LogP contribution in [0.2, 0.25) is 0 Å². The molecule has 0 fully saturated rings. The zero-order chi connectivity index (χ0) is 13.4. The molecule has 17 heavy (non-hydrogen) atoms. The molecule has 0 heterocycles. The van der Waals surface area contributed by atoms with E-state index < -0.39 is 12.0 Å². The number of amides is 1. The van der Waals surface area contributed by atoms with Crippen LogP contribution < -0.4 is 11.1 Å². The van der Waals surface area contributed by atoms with E-state index in [-0.39, 0.29) is 18.4 Å². The van der Waals surface area contributed by atoms with Crippen molar-refractivity contribution >= 4 is 11.9 Å². The van der Waals surface area contributed by atoms with Crippen LogP contribution in [0.1, 0.15) is 46.5 Å². The SMILES string of the molecule is CCCC(C)CC(CC(=O)O)NC(=O)[C@H](C)N. The van der Waals surface area contributed by atoms with Gasteiger partial charge in [-0.05, 0) is 19.3 Å². The number of carbonyl (C=O) groups is 2. The number of hydrogen-bond acceptors (Lipinski definition) is 3. The third-order valence-electron chi connectivity index (χ3n) is 2.65. The molecule has 100 valence electrons. The second-order valence-corrected chi connectivity index (χ2v) is 4.72. The van der Waals surface area contributed by atoms with Crippen LogP contribution in [0.4, 0.5) is 0 Å². The topological polar surface area (TPSA) is 92.4 Å². The molecule has 0 aliphatic carbocycles. The van der Waals surface area contributed by atoms with E-state index in [1.807, 2.05) is 0 Å². The number of carboxylic acid groups (broad SMARTS) is 1. The average Bonchev–Trinajstić information content (AvgIpc) is 2.16. The maximum absolute atomic E-state index is 11.4. The fourth-order valence-corrected chi connectivity index (χ4v) is 1.83. The fraction of sp³-hybridized carbons (Fsp3) is 0.833. The summed E-state index contributed by atoms with van der Waals surface area (Å²) in [5, 5.41) is 11.5. The van der Waals surface area contributed by atoms with Crippen LogP contribution >= 0.6 is 0 Å². The first kappa shape index (κ1) is 15.9. The Balaban J connectivity index is 4.32. The molecule has 0 aliphatic heterocycles. The molecular weight excluding hydrogens is 220 g/mol. The highest BCUT2D eigenvalue weighted by Gasteiger charge is 2.19. The summed E-state index contributed by atoms with van der Waals surface area (Å²) in [5.41, 5.74) is 5.45. The van der Waals surface area contributed by atoms with Crippen molar-refractivity contribution in [3.05, 3.63) is 0 Å². The zero-order valence-electron chi connectivity index (χ0n) is 10.9. The Morgan fingerprint density at radius 2 is 1.94 bits per heavy atom. The maximum atomic E-state index is 11.4. The van der Waals surface area contributed by atoms with Crippen molar-refractivity contribution in [3.8, 4) is 0 Å². The molecule has 0 bridgehead atoms. The Morgan fingerprint density at radius 3 is 2.35 bits per heavy atom. The third kappa shape index (κ3) is 7.74. The normalized spacial score (nSPS) is 16.0. The van der Waals surface area contributed by atoms with Crippen molar-refractivity contribution in [2.24, 2.45) is 11.7 Å². The fourth-order valence-electron chi connectivity index (χ4n) is 1.83. The molecule has 3 atom stereocenters. The number of hydrogen-bond donors (Lipinski definition) is 3. The molecule has 5 nitrogen and oxygen atoms in total. The minimum atomic E-state index is -0.899. The molecule has 4 N–H and O–H groups in total. The van der Waals surface area contributed by atoms with E-state index in [2.05, 4.69) is 19.2 Å². The van der Waals surface area contributed by atoms with Crippen molar-refractivity contribution in [1.29, 1.82) is 0 Å². The van der Waals surface area contributed by atoms with E-state index >= 15 is 0 Å². The summed E-state index contributed by atoms with van der Waals surface area (Å²) in [6.07, 6.45) is 2.72. The van der Waals surface area contributed by atoms with E-state index in [9.17, 15) is 9.59 Å². The van der Waals surface area contributed by atoms with Gasteiger partial charge < -0.3 is 16.2 Å². The number of nitrogens with one attached hydrogen (secondary N) is 1. The minimum absolute atomic E-state index is 0.0491. The van der Waals surface area contributed by atoms with Crippen molar-refractivity contribution < 1.29 is 14.7 Å². The summed E-state index contributed by atoms with van der Waals surface area (Å²) < 4.78 is 0. The molecule has 0 aliphatic rings. The largest absolute Gasteiger partial charge is 0.481 e. The van der Waals surface area contributed by atoms with E-state index in [0.29, 0.717) is 12.3 Å². The Labute approximate surface area is 103 Å². The van der Waals surface area contributed by atoms with Gasteiger partial charge in [0.2, 0.25) is 5.91 Å². The monoisotopic (exact) mass is 244 g/mol. The van der Waals surface area contributed by atoms with Crippen LogP contribution in [0.5, 0.6) is 0 Å². The number of aliphatic carboxylic acids is 1. The third-order valence-corrected chi connectivity index (χ3v) is 2.65. The quantitative estimate of drug-likeness (QED) is 0.596. The molecule has 2 unspecified atom stereocenters. The van der Waals surface area contributed by atoms with Gasteiger partial charge in [0.05, 0.1) is 12.5 Å². The molecule has 0 aromatic rings. The van der Waals surface area contributed by atoms with E-state index in [1.54, 1.807) is 6.92 Å². The Morgan fingerprint density at radius 1 is 1.35 bits per heavy atom. The molecule has 0 aromatic heterocycles. The van der Waals surface area contributed by atoms with Crippen LogP contribution in [0.3, 0.4) is 0 Å². The number of carboxylic acids is 1. The van der Waals surface area contributed by atoms with E-state index in [1.165, 1.54) is 0 Å². The van der Waals surface area contributed by atoms with Gasteiger partial charge in [-0.1, -0.05) is 26.7 Å². The highest BCUT2D eigenvalue weighted by atomic mass is 16.4. The van der Waals surface area contributed by atoms with Crippen molar-refractivity contribution in [3.63, 3.8) is 0 Å². The van der Waals surface area contributed by atoms with E-state index in [4.69, 9.17) is 10.8 Å². The smallest absolute Gasteiger partial charge is 0.305 e. The summed E-state index contributed by atoms with van der Waals surface area (Å²) in [4.78, 5) is 22.2. The predicted octanol–water partition coefficient (Wildman–Crippen LogP) is 1.12. The van der Waals surface area contributed by atoms with Crippen molar-refractivity contribution in [2.45, 2.75) is 58.5 Å². The molecule has 0 radical (unpaired) electrons. The molecule has 0 spiro atoms. The van der Waals surface area contributed by atoms with Crippen LogP contribution in [-0.4, -0.2) is 29.1 Å². The van der Waals surface area contributed by atoms with Crippen LogP contribution in [0.25, 0.3) is 0 Å². The van der Waals surface area contributed by atoms with Gasteiger partial charge in [-0.25, -0.2) is 0 Å². The summed E-state index contributed by atoms with van der Waals surface area (Å²) in [6.45, 7) is 5.74. The van der Waals surface area contributed by atoms with Gasteiger partial charge in [0.1, 0.15) is 0 Å². The van der Waals surface area contributed by atoms with Gasteiger partial charge in [-0.3, -0.25) is 9.59 Å². The Hall–Kier alpha value is -1.10. The summed E-state index contributed by atoms with van der Waals surface area (Å²) in [5.74, 6) is -0.790.